The molecule has 2 rings (SSSR count). The first-order valence-corrected chi connectivity index (χ1v) is 6.93. The van der Waals surface area contributed by atoms with E-state index in [4.69, 9.17) is 4.42 Å². The Morgan fingerprint density at radius 2 is 2.13 bits per heavy atom. The second-order valence-electron chi connectivity index (χ2n) is 3.94. The molecule has 0 radical (unpaired) electrons. The van der Waals surface area contributed by atoms with Gasteiger partial charge in [-0.1, -0.05) is 0 Å². The molecular weight excluding hydrogens is 214 g/mol. The van der Waals surface area contributed by atoms with Crippen molar-refractivity contribution in [1.29, 1.82) is 0 Å². The van der Waals surface area contributed by atoms with E-state index in [-0.39, 0.29) is 0 Å². The Morgan fingerprint density at radius 3 is 2.73 bits per heavy atom. The molecule has 2 heterocycles. The average Bonchev–Trinajstić information content (AvgIpc) is 2.69. The van der Waals surface area contributed by atoms with E-state index >= 15 is 0 Å². The molecule has 0 aromatic carbocycles. The summed E-state index contributed by atoms with van der Waals surface area (Å²) in [6, 6.07) is 2.23. The zero-order chi connectivity index (χ0) is 10.7. The van der Waals surface area contributed by atoms with E-state index < -0.39 is 9.84 Å². The molecule has 84 valence electrons. The third kappa shape index (κ3) is 3.07. The highest BCUT2D eigenvalue weighted by Crippen LogP contribution is 2.12. The smallest absolute Gasteiger partial charge is 0.150 e. The van der Waals surface area contributed by atoms with Crippen LogP contribution in [0.1, 0.15) is 18.4 Å². The van der Waals surface area contributed by atoms with E-state index in [0.29, 0.717) is 17.5 Å². The molecule has 0 bridgehead atoms. The SMILES string of the molecule is O=S1(=O)CCC(NCc2ccoc2)CC1. The van der Waals surface area contributed by atoms with E-state index in [0.717, 1.165) is 24.9 Å². The lowest BCUT2D eigenvalue weighted by Crippen LogP contribution is -2.37. The summed E-state index contributed by atoms with van der Waals surface area (Å²) in [4.78, 5) is 0. The van der Waals surface area contributed by atoms with Crippen LogP contribution >= 0.6 is 0 Å². The number of sulfone groups is 1. The monoisotopic (exact) mass is 229 g/mol. The van der Waals surface area contributed by atoms with E-state index in [9.17, 15) is 8.42 Å². The minimum Gasteiger partial charge on any atom is -0.472 e. The fraction of sp³-hybridized carbons (Fsp3) is 0.600. The molecule has 1 saturated heterocycles. The van der Waals surface area contributed by atoms with Gasteiger partial charge in [-0.05, 0) is 18.9 Å². The molecule has 1 aromatic rings. The normalized spacial score (nSPS) is 21.6. The first-order chi connectivity index (χ1) is 7.16. The molecule has 5 heteroatoms. The van der Waals surface area contributed by atoms with Gasteiger partial charge in [0.1, 0.15) is 9.84 Å². The van der Waals surface area contributed by atoms with Gasteiger partial charge in [0, 0.05) is 18.2 Å². The van der Waals surface area contributed by atoms with Crippen molar-refractivity contribution in [2.45, 2.75) is 25.4 Å². The van der Waals surface area contributed by atoms with Crippen LogP contribution in [0.15, 0.2) is 23.0 Å². The molecule has 0 aliphatic carbocycles. The van der Waals surface area contributed by atoms with Crippen molar-refractivity contribution in [3.8, 4) is 0 Å². The Hall–Kier alpha value is -0.810. The van der Waals surface area contributed by atoms with Gasteiger partial charge >= 0.3 is 0 Å². The van der Waals surface area contributed by atoms with Crippen LogP contribution < -0.4 is 5.32 Å². The summed E-state index contributed by atoms with van der Waals surface area (Å²) in [6.07, 6.45) is 4.79. The standard InChI is InChI=1S/C10H15NO3S/c12-15(13)5-2-10(3-6-15)11-7-9-1-4-14-8-9/h1,4,8,10-11H,2-3,5-7H2. The minimum absolute atomic E-state index is 0.316. The van der Waals surface area contributed by atoms with Crippen molar-refractivity contribution in [3.63, 3.8) is 0 Å². The Morgan fingerprint density at radius 1 is 1.40 bits per heavy atom. The fourth-order valence-electron chi connectivity index (χ4n) is 1.75. The van der Waals surface area contributed by atoms with Crippen molar-refractivity contribution in [2.24, 2.45) is 0 Å². The fourth-order valence-corrected chi connectivity index (χ4v) is 3.24. The van der Waals surface area contributed by atoms with Gasteiger partial charge in [0.25, 0.3) is 0 Å². The number of nitrogens with one attached hydrogen (secondary N) is 1. The van der Waals surface area contributed by atoms with Crippen molar-refractivity contribution in [1.82, 2.24) is 5.32 Å². The van der Waals surface area contributed by atoms with Crippen LogP contribution in [0.4, 0.5) is 0 Å². The quantitative estimate of drug-likeness (QED) is 0.838. The Balaban J connectivity index is 1.78. The predicted molar refractivity (Wildman–Crippen MR) is 57.2 cm³/mol. The molecule has 0 spiro atoms. The number of furan rings is 1. The van der Waals surface area contributed by atoms with Gasteiger partial charge in [-0.25, -0.2) is 8.42 Å². The average molecular weight is 229 g/mol. The number of rotatable bonds is 3. The maximum atomic E-state index is 11.2. The second-order valence-corrected chi connectivity index (χ2v) is 6.24. The number of hydrogen-bond donors (Lipinski definition) is 1. The van der Waals surface area contributed by atoms with Gasteiger partial charge in [0.05, 0.1) is 24.0 Å². The van der Waals surface area contributed by atoms with Crippen LogP contribution in [-0.2, 0) is 16.4 Å². The van der Waals surface area contributed by atoms with E-state index in [1.807, 2.05) is 6.07 Å². The summed E-state index contributed by atoms with van der Waals surface area (Å²) in [5, 5.41) is 3.34. The van der Waals surface area contributed by atoms with E-state index in [1.54, 1.807) is 12.5 Å². The summed E-state index contributed by atoms with van der Waals surface area (Å²) in [7, 11) is -2.75. The molecule has 0 atom stereocenters. The summed E-state index contributed by atoms with van der Waals surface area (Å²) in [5.41, 5.74) is 1.10. The zero-order valence-corrected chi connectivity index (χ0v) is 9.29. The van der Waals surface area contributed by atoms with Gasteiger partial charge in [-0.15, -0.1) is 0 Å². The van der Waals surface area contributed by atoms with E-state index in [1.165, 1.54) is 0 Å². The summed E-state index contributed by atoms with van der Waals surface area (Å²) in [5.74, 6) is 0.631. The Bertz CT molecular complexity index is 382. The van der Waals surface area contributed by atoms with Crippen molar-refractivity contribution in [3.05, 3.63) is 24.2 Å². The van der Waals surface area contributed by atoms with E-state index in [2.05, 4.69) is 5.32 Å². The molecule has 15 heavy (non-hydrogen) atoms. The minimum atomic E-state index is -2.75. The molecule has 1 N–H and O–H groups in total. The Kier molecular flexibility index (Phi) is 3.11. The second kappa shape index (κ2) is 4.37. The Labute approximate surface area is 89.6 Å². The predicted octanol–water partition coefficient (Wildman–Crippen LogP) is 0.946. The molecule has 0 saturated carbocycles. The maximum absolute atomic E-state index is 11.2. The topological polar surface area (TPSA) is 59.3 Å². The highest BCUT2D eigenvalue weighted by molar-refractivity contribution is 7.91. The molecule has 1 aliphatic heterocycles. The highest BCUT2D eigenvalue weighted by atomic mass is 32.2. The van der Waals surface area contributed by atoms with Gasteiger partial charge in [-0.2, -0.15) is 0 Å². The molecule has 1 aromatic heterocycles. The van der Waals surface area contributed by atoms with Gasteiger partial charge in [-0.3, -0.25) is 0 Å². The first kappa shape index (κ1) is 10.7. The molecule has 1 fully saturated rings. The largest absolute Gasteiger partial charge is 0.472 e. The zero-order valence-electron chi connectivity index (χ0n) is 8.48. The van der Waals surface area contributed by atoms with Crippen molar-refractivity contribution in [2.75, 3.05) is 11.5 Å². The lowest BCUT2D eigenvalue weighted by molar-refractivity contribution is 0.461. The lowest BCUT2D eigenvalue weighted by atomic mass is 10.1. The summed E-state index contributed by atoms with van der Waals surface area (Å²) >= 11 is 0. The van der Waals surface area contributed by atoms with Crippen molar-refractivity contribution >= 4 is 9.84 Å². The van der Waals surface area contributed by atoms with Crippen LogP contribution in [0.2, 0.25) is 0 Å². The van der Waals surface area contributed by atoms with Gasteiger partial charge in [0.15, 0.2) is 0 Å². The molecule has 0 unspecified atom stereocenters. The lowest BCUT2D eigenvalue weighted by Gasteiger charge is -2.22. The summed E-state index contributed by atoms with van der Waals surface area (Å²) in [6.45, 7) is 0.751. The molecular formula is C10H15NO3S. The van der Waals surface area contributed by atoms with Crippen LogP contribution in [0, 0.1) is 0 Å². The van der Waals surface area contributed by atoms with Crippen LogP contribution in [0.3, 0.4) is 0 Å². The highest BCUT2D eigenvalue weighted by Gasteiger charge is 2.22. The van der Waals surface area contributed by atoms with Crippen LogP contribution in [-0.4, -0.2) is 26.0 Å². The van der Waals surface area contributed by atoms with Crippen LogP contribution in [0.25, 0.3) is 0 Å². The first-order valence-electron chi connectivity index (χ1n) is 5.11. The third-order valence-corrected chi connectivity index (χ3v) is 4.45. The molecule has 1 aliphatic rings. The van der Waals surface area contributed by atoms with Gasteiger partial charge < -0.3 is 9.73 Å². The maximum Gasteiger partial charge on any atom is 0.150 e. The van der Waals surface area contributed by atoms with Crippen LogP contribution in [0.5, 0.6) is 0 Å². The van der Waals surface area contributed by atoms with Crippen molar-refractivity contribution < 1.29 is 12.8 Å². The third-order valence-electron chi connectivity index (χ3n) is 2.73. The molecule has 4 nitrogen and oxygen atoms in total. The number of hydrogen-bond acceptors (Lipinski definition) is 4. The summed E-state index contributed by atoms with van der Waals surface area (Å²) < 4.78 is 27.3. The molecule has 0 amide bonds. The van der Waals surface area contributed by atoms with Gasteiger partial charge in [0.2, 0.25) is 0 Å².